The zero-order valence-corrected chi connectivity index (χ0v) is 17.4. The van der Waals surface area contributed by atoms with Crippen LogP contribution in [0.25, 0.3) is 0 Å². The first kappa shape index (κ1) is 24.6. The normalized spacial score (nSPS) is 21.7. The number of carbonyl (C=O) groups is 4. The number of fused-ring (bicyclic) bond motifs is 2. The second kappa shape index (κ2) is 11.1. The van der Waals surface area contributed by atoms with Crippen LogP contribution in [0, 0.1) is 17.3 Å². The Morgan fingerprint density at radius 2 is 1.23 bits per heavy atom. The molecule has 0 aromatic heterocycles. The zero-order chi connectivity index (χ0) is 23.0. The highest BCUT2D eigenvalue weighted by molar-refractivity contribution is 6.14. The van der Waals surface area contributed by atoms with E-state index in [4.69, 9.17) is 15.3 Å². The average molecular weight is 436 g/mol. The molecule has 3 aliphatic rings. The number of cyclic esters (lactones) is 4. The predicted octanol–water partition coefficient (Wildman–Crippen LogP) is 1.23. The molecule has 170 valence electrons. The summed E-state index contributed by atoms with van der Waals surface area (Å²) in [5, 5.41) is 26.0. The number of aliphatic hydroxyl groups excluding tert-OH is 3. The molecule has 0 spiro atoms. The minimum atomic E-state index is -0.667. The van der Waals surface area contributed by atoms with E-state index in [1.807, 2.05) is 6.92 Å². The molecule has 4 rings (SSSR count). The maximum Gasteiger partial charge on any atom is 0.346 e. The van der Waals surface area contributed by atoms with Gasteiger partial charge in [0.15, 0.2) is 0 Å². The van der Waals surface area contributed by atoms with E-state index in [1.165, 1.54) is 0 Å². The fraction of sp³-hybridized carbons (Fsp3) is 0.545. The van der Waals surface area contributed by atoms with Crippen LogP contribution in [0.1, 0.15) is 59.7 Å². The van der Waals surface area contributed by atoms with E-state index in [-0.39, 0.29) is 43.6 Å². The van der Waals surface area contributed by atoms with E-state index in [2.05, 4.69) is 9.47 Å². The topological polar surface area (TPSA) is 147 Å². The summed E-state index contributed by atoms with van der Waals surface area (Å²) in [7, 11) is 0. The molecule has 2 aliphatic heterocycles. The summed E-state index contributed by atoms with van der Waals surface area (Å²) < 4.78 is 8.88. The van der Waals surface area contributed by atoms with Crippen molar-refractivity contribution in [2.45, 2.75) is 39.0 Å². The van der Waals surface area contributed by atoms with Gasteiger partial charge in [0.05, 0.1) is 42.8 Å². The van der Waals surface area contributed by atoms with Crippen LogP contribution < -0.4 is 0 Å². The number of benzene rings is 1. The summed E-state index contributed by atoms with van der Waals surface area (Å²) >= 11 is 0. The SMILES string of the molecule is CCC(CO)(CO)CO.O=C1OC(=O)C2CCCCC12.O=C1OC(=O)c2ccccc21. The Kier molecular flexibility index (Phi) is 8.85. The summed E-state index contributed by atoms with van der Waals surface area (Å²) in [5.41, 5.74) is 0.0509. The molecule has 9 heteroatoms. The highest BCUT2D eigenvalue weighted by Crippen LogP contribution is 2.36. The molecule has 1 aromatic rings. The van der Waals surface area contributed by atoms with Crippen molar-refractivity contribution in [1.82, 2.24) is 0 Å². The van der Waals surface area contributed by atoms with Crippen LogP contribution in [0.4, 0.5) is 0 Å². The Bertz CT molecular complexity index is 740. The predicted molar refractivity (Wildman–Crippen MR) is 107 cm³/mol. The monoisotopic (exact) mass is 436 g/mol. The first-order valence-electron chi connectivity index (χ1n) is 10.3. The molecule has 1 aromatic carbocycles. The molecular weight excluding hydrogens is 408 g/mol. The lowest BCUT2D eigenvalue weighted by Gasteiger charge is -2.24. The van der Waals surface area contributed by atoms with Crippen molar-refractivity contribution in [2.24, 2.45) is 17.3 Å². The van der Waals surface area contributed by atoms with Crippen LogP contribution in [0.15, 0.2) is 24.3 Å². The van der Waals surface area contributed by atoms with Gasteiger partial charge in [-0.2, -0.15) is 0 Å². The van der Waals surface area contributed by atoms with Gasteiger partial charge in [-0.3, -0.25) is 9.59 Å². The van der Waals surface area contributed by atoms with Gasteiger partial charge < -0.3 is 24.8 Å². The summed E-state index contributed by atoms with van der Waals surface area (Å²) in [6.07, 6.45) is 4.40. The van der Waals surface area contributed by atoms with Crippen molar-refractivity contribution in [1.29, 1.82) is 0 Å². The Morgan fingerprint density at radius 3 is 1.55 bits per heavy atom. The van der Waals surface area contributed by atoms with Crippen molar-refractivity contribution in [3.8, 4) is 0 Å². The van der Waals surface area contributed by atoms with Gasteiger partial charge in [0.1, 0.15) is 0 Å². The number of carbonyl (C=O) groups excluding carboxylic acids is 4. The lowest BCUT2D eigenvalue weighted by Crippen LogP contribution is -2.32. The maximum atomic E-state index is 11.0. The van der Waals surface area contributed by atoms with Crippen molar-refractivity contribution < 1.29 is 44.0 Å². The van der Waals surface area contributed by atoms with Crippen molar-refractivity contribution in [3.05, 3.63) is 35.4 Å². The minimum Gasteiger partial charge on any atom is -0.396 e. The Balaban J connectivity index is 0.000000167. The minimum absolute atomic E-state index is 0.101. The van der Waals surface area contributed by atoms with Gasteiger partial charge in [0.2, 0.25) is 0 Å². The van der Waals surface area contributed by atoms with Gasteiger partial charge in [0.25, 0.3) is 0 Å². The fourth-order valence-electron chi connectivity index (χ4n) is 3.46. The second-order valence-electron chi connectivity index (χ2n) is 7.79. The molecular formula is C22H28O9. The molecule has 1 saturated carbocycles. The molecule has 1 aliphatic carbocycles. The van der Waals surface area contributed by atoms with E-state index in [0.29, 0.717) is 17.5 Å². The van der Waals surface area contributed by atoms with Crippen LogP contribution in [-0.2, 0) is 19.1 Å². The van der Waals surface area contributed by atoms with Crippen LogP contribution in [0.5, 0.6) is 0 Å². The highest BCUT2D eigenvalue weighted by Gasteiger charge is 2.44. The third-order valence-electron chi connectivity index (χ3n) is 5.88. The third-order valence-corrected chi connectivity index (χ3v) is 5.88. The molecule has 0 radical (unpaired) electrons. The summed E-state index contributed by atoms with van der Waals surface area (Å²) in [5.74, 6) is -1.89. The maximum absolute atomic E-state index is 11.0. The molecule has 31 heavy (non-hydrogen) atoms. The summed E-state index contributed by atoms with van der Waals surface area (Å²) in [6, 6.07) is 6.53. The van der Waals surface area contributed by atoms with E-state index in [1.54, 1.807) is 24.3 Å². The first-order valence-corrected chi connectivity index (χ1v) is 10.3. The molecule has 2 atom stereocenters. The number of ether oxygens (including phenoxy) is 2. The standard InChI is InChI=1S/C8H10O3.C8H4O3.C6H14O3/c2*9-7-5-3-1-2-4-6(5)8(10)11-7;1-2-6(3-7,4-8)5-9/h5-6H,1-4H2;1-4H;7-9H,2-5H2,1H3. The molecule has 1 saturated heterocycles. The summed E-state index contributed by atoms with van der Waals surface area (Å²) in [6.45, 7) is 1.35. The van der Waals surface area contributed by atoms with Crippen LogP contribution in [0.2, 0.25) is 0 Å². The third kappa shape index (κ3) is 5.75. The first-order chi connectivity index (χ1) is 14.8. The number of aliphatic hydroxyl groups is 3. The highest BCUT2D eigenvalue weighted by atomic mass is 16.6. The van der Waals surface area contributed by atoms with Crippen molar-refractivity contribution in [2.75, 3.05) is 19.8 Å². The van der Waals surface area contributed by atoms with E-state index < -0.39 is 17.4 Å². The Hall–Kier alpha value is -2.62. The number of hydrogen-bond acceptors (Lipinski definition) is 9. The largest absolute Gasteiger partial charge is 0.396 e. The van der Waals surface area contributed by atoms with Crippen LogP contribution in [-0.4, -0.2) is 59.0 Å². The average Bonchev–Trinajstić information content (AvgIpc) is 3.26. The molecule has 2 fully saturated rings. The molecule has 0 bridgehead atoms. The van der Waals surface area contributed by atoms with Crippen molar-refractivity contribution >= 4 is 23.9 Å². The molecule has 3 N–H and O–H groups in total. The molecule has 9 nitrogen and oxygen atoms in total. The Morgan fingerprint density at radius 1 is 0.806 bits per heavy atom. The number of rotatable bonds is 4. The fourth-order valence-corrected chi connectivity index (χ4v) is 3.46. The number of esters is 4. The van der Waals surface area contributed by atoms with Gasteiger partial charge in [-0.1, -0.05) is 31.9 Å². The zero-order valence-electron chi connectivity index (χ0n) is 17.4. The Labute approximate surface area is 180 Å². The summed E-state index contributed by atoms with van der Waals surface area (Å²) in [4.78, 5) is 43.6. The van der Waals surface area contributed by atoms with E-state index in [9.17, 15) is 19.2 Å². The van der Waals surface area contributed by atoms with E-state index >= 15 is 0 Å². The van der Waals surface area contributed by atoms with Gasteiger partial charge in [0, 0.05) is 5.41 Å². The second-order valence-corrected chi connectivity index (χ2v) is 7.79. The van der Waals surface area contributed by atoms with Gasteiger partial charge in [-0.05, 0) is 31.4 Å². The lowest BCUT2D eigenvalue weighted by atomic mass is 9.81. The van der Waals surface area contributed by atoms with Gasteiger partial charge in [-0.25, -0.2) is 9.59 Å². The van der Waals surface area contributed by atoms with E-state index in [0.717, 1.165) is 25.7 Å². The lowest BCUT2D eigenvalue weighted by molar-refractivity contribution is -0.153. The van der Waals surface area contributed by atoms with Crippen LogP contribution >= 0.6 is 0 Å². The smallest absolute Gasteiger partial charge is 0.346 e. The quantitative estimate of drug-likeness (QED) is 0.468. The molecule has 2 unspecified atom stereocenters. The van der Waals surface area contributed by atoms with Crippen molar-refractivity contribution in [3.63, 3.8) is 0 Å². The van der Waals surface area contributed by atoms with Crippen LogP contribution in [0.3, 0.4) is 0 Å². The molecule has 0 amide bonds. The molecule has 2 heterocycles. The van der Waals surface area contributed by atoms with Gasteiger partial charge in [-0.15, -0.1) is 0 Å². The van der Waals surface area contributed by atoms with Gasteiger partial charge >= 0.3 is 23.9 Å². The number of hydrogen-bond donors (Lipinski definition) is 3.